The van der Waals surface area contributed by atoms with Gasteiger partial charge in [0.1, 0.15) is 11.9 Å². The van der Waals surface area contributed by atoms with Crippen LogP contribution in [0.1, 0.15) is 19.8 Å². The molecule has 1 unspecified atom stereocenters. The average Bonchev–Trinajstić information content (AvgIpc) is 2.57. The molecular weight excluding hydrogens is 375 g/mol. The highest BCUT2D eigenvalue weighted by Crippen LogP contribution is 2.26. The maximum atomic E-state index is 13.2. The summed E-state index contributed by atoms with van der Waals surface area (Å²) >= 11 is 5.64. The second-order valence-corrected chi connectivity index (χ2v) is 8.17. The van der Waals surface area contributed by atoms with Crippen molar-refractivity contribution in [3.63, 3.8) is 0 Å². The number of hydrogen-bond donors (Lipinski definition) is 2. The number of carbonyl (C=O) groups is 2. The number of nitrogens with one attached hydrogen (secondary N) is 1. The topological polar surface area (TPSA) is 104 Å². The van der Waals surface area contributed by atoms with Crippen LogP contribution in [-0.4, -0.2) is 48.8 Å². The molecule has 0 saturated carbocycles. The molecule has 2 rings (SSSR count). The highest BCUT2D eigenvalue weighted by atomic mass is 35.5. The molecule has 1 amide bonds. The van der Waals surface area contributed by atoms with Gasteiger partial charge in [-0.2, -0.15) is 4.31 Å². The molecule has 0 aromatic heterocycles. The Bertz CT molecular complexity index is 778. The molecular formula is C15H18ClFN2O5S. The minimum absolute atomic E-state index is 0.108. The number of amides is 1. The highest BCUT2D eigenvalue weighted by molar-refractivity contribution is 7.89. The number of carboxylic acid groups (broad SMARTS) is 1. The molecule has 0 radical (unpaired) electrons. The van der Waals surface area contributed by atoms with Gasteiger partial charge in [-0.25, -0.2) is 12.8 Å². The van der Waals surface area contributed by atoms with Crippen LogP contribution in [0.3, 0.4) is 0 Å². The normalized spacial score (nSPS) is 17.9. The second-order valence-electron chi connectivity index (χ2n) is 5.82. The maximum Gasteiger partial charge on any atom is 0.325 e. The van der Waals surface area contributed by atoms with Crippen LogP contribution in [0.5, 0.6) is 0 Å². The summed E-state index contributed by atoms with van der Waals surface area (Å²) in [4.78, 5) is 22.7. The number of halogens is 2. The molecule has 1 atom stereocenters. The summed E-state index contributed by atoms with van der Waals surface area (Å²) in [6.07, 6.45) is 0.540. The summed E-state index contributed by atoms with van der Waals surface area (Å²) < 4.78 is 39.5. The minimum Gasteiger partial charge on any atom is -0.480 e. The first kappa shape index (κ1) is 19.6. The molecule has 138 valence electrons. The van der Waals surface area contributed by atoms with Gasteiger partial charge in [0.15, 0.2) is 0 Å². The van der Waals surface area contributed by atoms with Crippen LogP contribution in [0.2, 0.25) is 5.02 Å². The number of carbonyl (C=O) groups excluding carboxylic acids is 1. The molecule has 2 N–H and O–H groups in total. The highest BCUT2D eigenvalue weighted by Gasteiger charge is 2.33. The van der Waals surface area contributed by atoms with Gasteiger partial charge in [0.05, 0.1) is 9.92 Å². The summed E-state index contributed by atoms with van der Waals surface area (Å²) in [5, 5.41) is 10.9. The summed E-state index contributed by atoms with van der Waals surface area (Å²) in [5.74, 6) is -2.70. The van der Waals surface area contributed by atoms with Crippen molar-refractivity contribution >= 4 is 33.5 Å². The number of benzene rings is 1. The number of carboxylic acids is 1. The van der Waals surface area contributed by atoms with Crippen molar-refractivity contribution in [2.45, 2.75) is 30.7 Å². The predicted octanol–water partition coefficient (Wildman–Crippen LogP) is 1.47. The fraction of sp³-hybridized carbons (Fsp3) is 0.467. The van der Waals surface area contributed by atoms with E-state index in [1.807, 2.05) is 0 Å². The van der Waals surface area contributed by atoms with Crippen molar-refractivity contribution < 1.29 is 27.5 Å². The molecule has 0 bridgehead atoms. The van der Waals surface area contributed by atoms with Crippen molar-refractivity contribution in [1.29, 1.82) is 0 Å². The molecule has 7 nitrogen and oxygen atoms in total. The van der Waals surface area contributed by atoms with Crippen LogP contribution in [0.15, 0.2) is 23.1 Å². The van der Waals surface area contributed by atoms with E-state index >= 15 is 0 Å². The third kappa shape index (κ3) is 4.47. The Balaban J connectivity index is 2.02. The Morgan fingerprint density at radius 3 is 2.48 bits per heavy atom. The minimum atomic E-state index is -3.83. The van der Waals surface area contributed by atoms with E-state index in [0.29, 0.717) is 0 Å². The SMILES string of the molecule is CC(NC(=O)C1CCN(S(=O)(=O)c2ccc(F)c(Cl)c2)CC1)C(=O)O. The smallest absolute Gasteiger partial charge is 0.325 e. The summed E-state index contributed by atoms with van der Waals surface area (Å²) in [5.41, 5.74) is 0. The molecule has 1 fully saturated rings. The van der Waals surface area contributed by atoms with Crippen LogP contribution >= 0.6 is 11.6 Å². The lowest BCUT2D eigenvalue weighted by molar-refractivity contribution is -0.142. The van der Waals surface area contributed by atoms with Gasteiger partial charge in [-0.15, -0.1) is 0 Å². The van der Waals surface area contributed by atoms with Crippen LogP contribution in [-0.2, 0) is 19.6 Å². The number of aliphatic carboxylic acids is 1. The van der Waals surface area contributed by atoms with Gasteiger partial charge < -0.3 is 10.4 Å². The maximum absolute atomic E-state index is 13.2. The number of rotatable bonds is 5. The van der Waals surface area contributed by atoms with Gasteiger partial charge in [0.2, 0.25) is 15.9 Å². The van der Waals surface area contributed by atoms with Gasteiger partial charge in [-0.3, -0.25) is 9.59 Å². The Labute approximate surface area is 149 Å². The Morgan fingerprint density at radius 1 is 1.36 bits per heavy atom. The first-order valence-corrected chi connectivity index (χ1v) is 9.43. The lowest BCUT2D eigenvalue weighted by Crippen LogP contribution is -2.46. The van der Waals surface area contributed by atoms with E-state index in [0.717, 1.165) is 18.2 Å². The third-order valence-corrected chi connectivity index (χ3v) is 6.27. The lowest BCUT2D eigenvalue weighted by atomic mass is 9.97. The van der Waals surface area contributed by atoms with Crippen LogP contribution in [0.4, 0.5) is 4.39 Å². The number of sulfonamides is 1. The van der Waals surface area contributed by atoms with Crippen molar-refractivity contribution in [3.8, 4) is 0 Å². The molecule has 1 saturated heterocycles. The van der Waals surface area contributed by atoms with Crippen molar-refractivity contribution in [2.75, 3.05) is 13.1 Å². The van der Waals surface area contributed by atoms with E-state index in [-0.39, 0.29) is 35.8 Å². The standard InChI is InChI=1S/C15H18ClFN2O5S/c1-9(15(21)22)18-14(20)10-4-6-19(7-5-10)25(23,24)11-2-3-13(17)12(16)8-11/h2-3,8-10H,4-7H2,1H3,(H,18,20)(H,21,22). The zero-order chi connectivity index (χ0) is 18.8. The Morgan fingerprint density at radius 2 is 1.96 bits per heavy atom. The number of nitrogens with zero attached hydrogens (tertiary/aromatic N) is 1. The summed E-state index contributed by atoms with van der Waals surface area (Å²) in [7, 11) is -3.83. The number of hydrogen-bond acceptors (Lipinski definition) is 4. The fourth-order valence-electron chi connectivity index (χ4n) is 2.54. The van der Waals surface area contributed by atoms with Gasteiger partial charge in [-0.05, 0) is 38.0 Å². The van der Waals surface area contributed by atoms with Crippen molar-refractivity contribution in [3.05, 3.63) is 29.0 Å². The molecule has 1 aliphatic rings. The summed E-state index contributed by atoms with van der Waals surface area (Å²) in [6.45, 7) is 1.58. The van der Waals surface area contributed by atoms with Crippen LogP contribution in [0, 0.1) is 11.7 Å². The Kier molecular flexibility index (Phi) is 6.02. The van der Waals surface area contributed by atoms with Gasteiger partial charge in [0.25, 0.3) is 0 Å². The zero-order valence-electron chi connectivity index (χ0n) is 13.4. The van der Waals surface area contributed by atoms with Gasteiger partial charge >= 0.3 is 5.97 Å². The van der Waals surface area contributed by atoms with E-state index in [9.17, 15) is 22.4 Å². The van der Waals surface area contributed by atoms with Crippen molar-refractivity contribution in [1.82, 2.24) is 9.62 Å². The molecule has 0 aliphatic carbocycles. The van der Waals surface area contributed by atoms with Gasteiger partial charge in [0, 0.05) is 19.0 Å². The number of piperidine rings is 1. The molecule has 1 aromatic rings. The predicted molar refractivity (Wildman–Crippen MR) is 88.1 cm³/mol. The molecule has 25 heavy (non-hydrogen) atoms. The largest absolute Gasteiger partial charge is 0.480 e. The van der Waals surface area contributed by atoms with Gasteiger partial charge in [-0.1, -0.05) is 11.6 Å². The fourth-order valence-corrected chi connectivity index (χ4v) is 4.28. The molecule has 10 heteroatoms. The first-order chi connectivity index (χ1) is 11.6. The molecule has 1 heterocycles. The van der Waals surface area contributed by atoms with E-state index in [1.165, 1.54) is 11.2 Å². The van der Waals surface area contributed by atoms with Crippen LogP contribution in [0.25, 0.3) is 0 Å². The third-order valence-electron chi connectivity index (χ3n) is 4.08. The first-order valence-electron chi connectivity index (χ1n) is 7.61. The molecule has 1 aromatic carbocycles. The zero-order valence-corrected chi connectivity index (χ0v) is 15.0. The molecule has 0 spiro atoms. The summed E-state index contributed by atoms with van der Waals surface area (Å²) in [6, 6.07) is 2.18. The van der Waals surface area contributed by atoms with Crippen LogP contribution < -0.4 is 5.32 Å². The average molecular weight is 393 g/mol. The monoisotopic (exact) mass is 392 g/mol. The quantitative estimate of drug-likeness (QED) is 0.789. The molecule has 1 aliphatic heterocycles. The van der Waals surface area contributed by atoms with E-state index in [1.54, 1.807) is 0 Å². The van der Waals surface area contributed by atoms with Crippen molar-refractivity contribution in [2.24, 2.45) is 5.92 Å². The van der Waals surface area contributed by atoms with E-state index in [4.69, 9.17) is 16.7 Å². The second kappa shape index (κ2) is 7.67. The van der Waals surface area contributed by atoms with E-state index < -0.39 is 39.7 Å². The Hall–Kier alpha value is -1.71. The lowest BCUT2D eigenvalue weighted by Gasteiger charge is -2.30. The van der Waals surface area contributed by atoms with E-state index in [2.05, 4.69) is 5.32 Å².